The first-order valence-corrected chi connectivity index (χ1v) is 7.70. The van der Waals surface area contributed by atoms with Gasteiger partial charge in [0, 0.05) is 6.54 Å². The number of ether oxygens (including phenoxy) is 1. The van der Waals surface area contributed by atoms with E-state index < -0.39 is 0 Å². The van der Waals surface area contributed by atoms with Gasteiger partial charge in [0.05, 0.1) is 11.2 Å². The Hall–Kier alpha value is -1.04. The lowest BCUT2D eigenvalue weighted by atomic mass is 9.79. The Morgan fingerprint density at radius 2 is 1.90 bits per heavy atom. The molecule has 0 spiro atoms. The summed E-state index contributed by atoms with van der Waals surface area (Å²) in [6, 6.07) is 8.05. The van der Waals surface area contributed by atoms with Crippen LogP contribution >= 0.6 is 0 Å². The predicted molar refractivity (Wildman–Crippen MR) is 84.1 cm³/mol. The molecule has 1 aromatic rings. The second-order valence-electron chi connectivity index (χ2n) is 6.89. The van der Waals surface area contributed by atoms with Gasteiger partial charge in [0.1, 0.15) is 11.9 Å². The summed E-state index contributed by atoms with van der Waals surface area (Å²) in [4.78, 5) is 0. The van der Waals surface area contributed by atoms with Gasteiger partial charge in [-0.1, -0.05) is 12.1 Å². The Balaban J connectivity index is 1.74. The minimum absolute atomic E-state index is 0.263. The Morgan fingerprint density at radius 1 is 1.19 bits per heavy atom. The summed E-state index contributed by atoms with van der Waals surface area (Å²) >= 11 is 0. The zero-order valence-electron chi connectivity index (χ0n) is 13.3. The topological polar surface area (TPSA) is 39.7 Å². The van der Waals surface area contributed by atoms with Crippen LogP contribution in [0.1, 0.15) is 34.1 Å². The van der Waals surface area contributed by atoms with Crippen molar-refractivity contribution >= 4 is 12.6 Å². The van der Waals surface area contributed by atoms with E-state index in [-0.39, 0.29) is 24.4 Å². The molecule has 4 nitrogen and oxygen atoms in total. The summed E-state index contributed by atoms with van der Waals surface area (Å²) in [6.45, 7) is 10.2. The molecule has 0 bridgehead atoms. The van der Waals surface area contributed by atoms with E-state index in [2.05, 4.69) is 33.0 Å². The molecule has 5 heteroatoms. The van der Waals surface area contributed by atoms with Crippen molar-refractivity contribution in [2.45, 2.75) is 51.4 Å². The zero-order chi connectivity index (χ0) is 15.1. The van der Waals surface area contributed by atoms with Crippen LogP contribution in [0, 0.1) is 0 Å². The molecule has 2 heterocycles. The van der Waals surface area contributed by atoms with Gasteiger partial charge < -0.3 is 19.4 Å². The molecular formula is C16H24BNO3. The normalized spacial score (nSPS) is 27.0. The highest BCUT2D eigenvalue weighted by molar-refractivity contribution is 6.62. The molecule has 2 saturated heterocycles. The minimum atomic E-state index is -0.333. The maximum Gasteiger partial charge on any atom is 0.494 e. The lowest BCUT2D eigenvalue weighted by Crippen LogP contribution is -2.41. The lowest BCUT2D eigenvalue weighted by Gasteiger charge is -2.32. The van der Waals surface area contributed by atoms with E-state index in [0.29, 0.717) is 0 Å². The summed E-state index contributed by atoms with van der Waals surface area (Å²) in [6.07, 6.45) is 1.32. The minimum Gasteiger partial charge on any atom is -0.489 e. The van der Waals surface area contributed by atoms with Crippen LogP contribution in [-0.2, 0) is 9.31 Å². The van der Waals surface area contributed by atoms with Gasteiger partial charge in [0.2, 0.25) is 0 Å². The summed E-state index contributed by atoms with van der Waals surface area (Å²) in [5.41, 5.74) is 0.380. The van der Waals surface area contributed by atoms with Crippen molar-refractivity contribution in [3.8, 4) is 5.75 Å². The molecule has 1 aromatic carbocycles. The predicted octanol–water partition coefficient (Wildman–Crippen LogP) is 1.73. The summed E-state index contributed by atoms with van der Waals surface area (Å²) in [7, 11) is -0.333. The molecule has 21 heavy (non-hydrogen) atoms. The van der Waals surface area contributed by atoms with Gasteiger partial charge in [-0.2, -0.15) is 0 Å². The van der Waals surface area contributed by atoms with Crippen molar-refractivity contribution < 1.29 is 14.0 Å². The van der Waals surface area contributed by atoms with E-state index in [0.717, 1.165) is 30.7 Å². The molecule has 114 valence electrons. The number of nitrogens with one attached hydrogen (secondary N) is 1. The van der Waals surface area contributed by atoms with Crippen molar-refractivity contribution in [3.05, 3.63) is 24.3 Å². The Morgan fingerprint density at radius 3 is 2.52 bits per heavy atom. The van der Waals surface area contributed by atoms with Gasteiger partial charge in [0.15, 0.2) is 0 Å². The van der Waals surface area contributed by atoms with Crippen molar-refractivity contribution in [2.75, 3.05) is 13.1 Å². The van der Waals surface area contributed by atoms with E-state index in [1.54, 1.807) is 0 Å². The van der Waals surface area contributed by atoms with Crippen molar-refractivity contribution in [3.63, 3.8) is 0 Å². The summed E-state index contributed by atoms with van der Waals surface area (Å²) < 4.78 is 18.2. The molecule has 1 N–H and O–H groups in total. The van der Waals surface area contributed by atoms with Crippen LogP contribution in [0.15, 0.2) is 24.3 Å². The van der Waals surface area contributed by atoms with E-state index in [9.17, 15) is 0 Å². The summed E-state index contributed by atoms with van der Waals surface area (Å²) in [5, 5.41) is 3.31. The van der Waals surface area contributed by atoms with Crippen molar-refractivity contribution in [1.29, 1.82) is 0 Å². The number of benzene rings is 1. The highest BCUT2D eigenvalue weighted by atomic mass is 16.7. The number of rotatable bonds is 3. The van der Waals surface area contributed by atoms with Gasteiger partial charge in [-0.3, -0.25) is 0 Å². The molecule has 0 radical (unpaired) electrons. The molecular weight excluding hydrogens is 265 g/mol. The molecule has 2 fully saturated rings. The first kappa shape index (κ1) is 14.9. The zero-order valence-corrected chi connectivity index (χ0v) is 13.3. The third-order valence-corrected chi connectivity index (χ3v) is 4.70. The second-order valence-corrected chi connectivity index (χ2v) is 6.89. The van der Waals surface area contributed by atoms with Gasteiger partial charge >= 0.3 is 7.12 Å². The van der Waals surface area contributed by atoms with Crippen LogP contribution in [0.4, 0.5) is 0 Å². The van der Waals surface area contributed by atoms with E-state index in [1.165, 1.54) is 0 Å². The van der Waals surface area contributed by atoms with Crippen LogP contribution in [0.25, 0.3) is 0 Å². The third-order valence-electron chi connectivity index (χ3n) is 4.70. The van der Waals surface area contributed by atoms with E-state index in [1.807, 2.05) is 24.3 Å². The molecule has 3 rings (SSSR count). The highest BCUT2D eigenvalue weighted by Crippen LogP contribution is 2.36. The second kappa shape index (κ2) is 5.31. The van der Waals surface area contributed by atoms with E-state index in [4.69, 9.17) is 14.0 Å². The standard InChI is InChI=1S/C16H24BNO3/c1-15(2)16(3,4)21-17(20-15)12-6-5-7-13(10-12)19-14-8-9-18-11-14/h5-7,10,14,18H,8-9,11H2,1-4H3/t14-/m1/s1. The third kappa shape index (κ3) is 2.96. The molecule has 0 saturated carbocycles. The van der Waals surface area contributed by atoms with Gasteiger partial charge in [-0.05, 0) is 58.3 Å². The fourth-order valence-corrected chi connectivity index (χ4v) is 2.63. The smallest absolute Gasteiger partial charge is 0.489 e. The van der Waals surface area contributed by atoms with Crippen molar-refractivity contribution in [1.82, 2.24) is 5.32 Å². The summed E-state index contributed by atoms with van der Waals surface area (Å²) in [5.74, 6) is 0.885. The molecule has 1 atom stereocenters. The monoisotopic (exact) mass is 289 g/mol. The van der Waals surface area contributed by atoms with Crippen LogP contribution in [-0.4, -0.2) is 37.5 Å². The molecule has 0 amide bonds. The molecule has 2 aliphatic rings. The van der Waals surface area contributed by atoms with Gasteiger partial charge in [-0.15, -0.1) is 0 Å². The van der Waals surface area contributed by atoms with Crippen LogP contribution in [0.2, 0.25) is 0 Å². The number of hydrogen-bond donors (Lipinski definition) is 1. The SMILES string of the molecule is CC1(C)OB(c2cccc(O[C@@H]3CCNC3)c2)OC1(C)C. The quantitative estimate of drug-likeness (QED) is 0.860. The fraction of sp³-hybridized carbons (Fsp3) is 0.625. The molecule has 0 unspecified atom stereocenters. The largest absolute Gasteiger partial charge is 0.494 e. The maximum atomic E-state index is 6.08. The van der Waals surface area contributed by atoms with Crippen molar-refractivity contribution in [2.24, 2.45) is 0 Å². The van der Waals surface area contributed by atoms with Crippen LogP contribution < -0.4 is 15.5 Å². The first-order valence-electron chi connectivity index (χ1n) is 7.70. The Kier molecular flexibility index (Phi) is 3.76. The Bertz CT molecular complexity index is 496. The molecule has 2 aliphatic heterocycles. The lowest BCUT2D eigenvalue weighted by molar-refractivity contribution is 0.00578. The van der Waals surface area contributed by atoms with E-state index >= 15 is 0 Å². The number of hydrogen-bond acceptors (Lipinski definition) is 4. The average Bonchev–Trinajstić information content (AvgIpc) is 2.97. The average molecular weight is 289 g/mol. The molecule has 0 aliphatic carbocycles. The van der Waals surface area contributed by atoms with Gasteiger partial charge in [0.25, 0.3) is 0 Å². The fourth-order valence-electron chi connectivity index (χ4n) is 2.63. The van der Waals surface area contributed by atoms with Crippen LogP contribution in [0.5, 0.6) is 5.75 Å². The van der Waals surface area contributed by atoms with Gasteiger partial charge in [-0.25, -0.2) is 0 Å². The maximum absolute atomic E-state index is 6.08. The highest BCUT2D eigenvalue weighted by Gasteiger charge is 2.51. The first-order chi connectivity index (χ1) is 9.87. The Labute approximate surface area is 127 Å². The molecule has 0 aromatic heterocycles. The van der Waals surface area contributed by atoms with Crippen LogP contribution in [0.3, 0.4) is 0 Å².